The van der Waals surface area contributed by atoms with Crippen molar-refractivity contribution < 1.29 is 24.2 Å². The number of hydrogen-bond acceptors (Lipinski definition) is 3. The van der Waals surface area contributed by atoms with Gasteiger partial charge in [0.05, 0.1) is 0 Å². The van der Waals surface area contributed by atoms with Crippen molar-refractivity contribution in [3.63, 3.8) is 0 Å². The third kappa shape index (κ3) is 6.53. The molecule has 1 aliphatic carbocycles. The number of piperazine rings is 1. The van der Waals surface area contributed by atoms with Crippen LogP contribution in [-0.4, -0.2) is 63.2 Å². The Kier molecular flexibility index (Phi) is 7.81. The average molecular weight is 418 g/mol. The van der Waals surface area contributed by atoms with E-state index in [9.17, 15) is 14.4 Å². The minimum atomic E-state index is -0.376. The fourth-order valence-corrected chi connectivity index (χ4v) is 4.31. The van der Waals surface area contributed by atoms with Crippen molar-refractivity contribution in [1.29, 1.82) is 0 Å². The summed E-state index contributed by atoms with van der Waals surface area (Å²) in [6.45, 7) is 8.05. The number of carbonyl (C=O) groups excluding carboxylic acids is 3. The Bertz CT molecular complexity index is 768. The van der Waals surface area contributed by atoms with Crippen molar-refractivity contribution >= 4 is 23.5 Å². The van der Waals surface area contributed by atoms with Crippen molar-refractivity contribution in [3.05, 3.63) is 29.3 Å². The zero-order valence-electron chi connectivity index (χ0n) is 18.1. The third-order valence-electron chi connectivity index (χ3n) is 6.31. The van der Waals surface area contributed by atoms with Gasteiger partial charge in [-0.15, -0.1) is 0 Å². The van der Waals surface area contributed by atoms with Crippen LogP contribution in [0.15, 0.2) is 18.2 Å². The van der Waals surface area contributed by atoms with Crippen molar-refractivity contribution in [2.24, 2.45) is 0 Å². The Morgan fingerprint density at radius 1 is 0.933 bits per heavy atom. The van der Waals surface area contributed by atoms with Gasteiger partial charge in [-0.2, -0.15) is 0 Å². The molecule has 2 fully saturated rings. The number of anilines is 1. The van der Waals surface area contributed by atoms with Gasteiger partial charge in [-0.3, -0.25) is 14.9 Å². The van der Waals surface area contributed by atoms with E-state index < -0.39 is 0 Å². The van der Waals surface area contributed by atoms with Crippen LogP contribution in [0.2, 0.25) is 0 Å². The molecule has 0 atom stereocenters. The second-order valence-electron chi connectivity index (χ2n) is 8.65. The summed E-state index contributed by atoms with van der Waals surface area (Å²) in [6, 6.07) is 5.74. The number of carbonyl (C=O) groups is 3. The highest BCUT2D eigenvalue weighted by Crippen LogP contribution is 2.18. The van der Waals surface area contributed by atoms with E-state index in [-0.39, 0.29) is 23.9 Å². The Morgan fingerprint density at radius 2 is 1.53 bits per heavy atom. The van der Waals surface area contributed by atoms with Gasteiger partial charge in [0, 0.05) is 11.7 Å². The summed E-state index contributed by atoms with van der Waals surface area (Å²) in [4.78, 5) is 38.9. The number of nitrogens with one attached hydrogen (secondary N) is 5. The molecule has 4 amide bonds. The molecule has 8 heteroatoms. The van der Waals surface area contributed by atoms with E-state index in [4.69, 9.17) is 0 Å². The topological polar surface area (TPSA) is 96.2 Å². The third-order valence-corrected chi connectivity index (χ3v) is 6.31. The van der Waals surface area contributed by atoms with E-state index in [2.05, 4.69) is 16.0 Å². The molecule has 2 aliphatic rings. The molecule has 1 saturated carbocycles. The number of amides is 4. The predicted molar refractivity (Wildman–Crippen MR) is 115 cm³/mol. The molecule has 1 aromatic carbocycles. The van der Waals surface area contributed by atoms with Gasteiger partial charge in [-0.25, -0.2) is 4.79 Å². The second kappa shape index (κ2) is 10.5. The first-order valence-electron chi connectivity index (χ1n) is 11.0. The van der Waals surface area contributed by atoms with E-state index in [1.807, 2.05) is 32.0 Å². The van der Waals surface area contributed by atoms with E-state index in [1.165, 1.54) is 4.90 Å². The lowest BCUT2D eigenvalue weighted by molar-refractivity contribution is -1.00. The molecule has 1 aliphatic heterocycles. The van der Waals surface area contributed by atoms with Crippen LogP contribution in [-0.2, 0) is 9.59 Å². The molecule has 1 heterocycles. The van der Waals surface area contributed by atoms with Crippen LogP contribution >= 0.6 is 0 Å². The lowest BCUT2D eigenvalue weighted by Crippen LogP contribution is -3.28. The number of urea groups is 1. The highest BCUT2D eigenvalue weighted by molar-refractivity contribution is 5.95. The maximum atomic E-state index is 12.4. The Labute approximate surface area is 178 Å². The number of aryl methyl sites for hydroxylation is 1. The van der Waals surface area contributed by atoms with Gasteiger partial charge >= 0.3 is 6.03 Å². The highest BCUT2D eigenvalue weighted by atomic mass is 16.2. The molecular weight excluding hydrogens is 382 g/mol. The minimum Gasteiger partial charge on any atom is -0.335 e. The standard InChI is InChI=1S/C22H33N5O3/c1-16-6-5-9-19(17(16)2)24-20(28)14-26-10-12-27(13-11-26)15-21(29)25-22(30)23-18-7-3-4-8-18/h5-6,9,18H,3-4,7-8,10-15H2,1-2H3,(H,24,28)(H2,23,25,29,30)/p+2. The normalized spacial score (nSPS) is 21.8. The Balaban J connectivity index is 1.35. The second-order valence-corrected chi connectivity index (χ2v) is 8.65. The smallest absolute Gasteiger partial charge is 0.321 e. The maximum Gasteiger partial charge on any atom is 0.321 e. The molecule has 0 aromatic heterocycles. The van der Waals surface area contributed by atoms with E-state index in [1.54, 1.807) is 0 Å². The van der Waals surface area contributed by atoms with Crippen molar-refractivity contribution in [2.45, 2.75) is 45.6 Å². The van der Waals surface area contributed by atoms with Gasteiger partial charge in [0.15, 0.2) is 13.1 Å². The maximum absolute atomic E-state index is 12.4. The van der Waals surface area contributed by atoms with Crippen LogP contribution in [0.5, 0.6) is 0 Å². The molecule has 164 valence electrons. The molecule has 1 aromatic rings. The van der Waals surface area contributed by atoms with E-state index in [0.717, 1.165) is 73.6 Å². The minimum absolute atomic E-state index is 0.0171. The summed E-state index contributed by atoms with van der Waals surface area (Å²) in [5, 5.41) is 8.35. The number of imide groups is 1. The van der Waals surface area contributed by atoms with Gasteiger partial charge < -0.3 is 20.4 Å². The van der Waals surface area contributed by atoms with Crippen molar-refractivity contribution in [3.8, 4) is 0 Å². The summed E-state index contributed by atoms with van der Waals surface area (Å²) in [7, 11) is 0. The molecule has 3 rings (SSSR count). The monoisotopic (exact) mass is 417 g/mol. The summed E-state index contributed by atoms with van der Waals surface area (Å²) >= 11 is 0. The first-order valence-corrected chi connectivity index (χ1v) is 11.0. The molecule has 8 nitrogen and oxygen atoms in total. The SMILES string of the molecule is Cc1cccc(NC(=O)C[NH+]2CC[NH+](CC(=O)NC(=O)NC3CCCC3)CC2)c1C. The highest BCUT2D eigenvalue weighted by Gasteiger charge is 2.27. The van der Waals surface area contributed by atoms with Crippen LogP contribution in [0, 0.1) is 13.8 Å². The van der Waals surface area contributed by atoms with Crippen molar-refractivity contribution in [2.75, 3.05) is 44.6 Å². The first-order chi connectivity index (χ1) is 14.4. The summed E-state index contributed by atoms with van der Waals surface area (Å²) in [5.74, 6) is -0.222. The largest absolute Gasteiger partial charge is 0.335 e. The van der Waals surface area contributed by atoms with Crippen LogP contribution in [0.3, 0.4) is 0 Å². The van der Waals surface area contributed by atoms with Crippen molar-refractivity contribution in [1.82, 2.24) is 10.6 Å². The first kappa shape index (κ1) is 22.2. The number of rotatable bonds is 6. The molecule has 0 unspecified atom stereocenters. The van der Waals surface area contributed by atoms with Gasteiger partial charge in [-0.1, -0.05) is 25.0 Å². The van der Waals surface area contributed by atoms with Gasteiger partial charge in [0.2, 0.25) is 0 Å². The van der Waals surface area contributed by atoms with Crippen LogP contribution in [0.25, 0.3) is 0 Å². The molecule has 0 spiro atoms. The van der Waals surface area contributed by atoms with Crippen LogP contribution in [0.4, 0.5) is 10.5 Å². The summed E-state index contributed by atoms with van der Waals surface area (Å²) in [5.41, 5.74) is 3.13. The van der Waals surface area contributed by atoms with Crippen LogP contribution < -0.4 is 25.8 Å². The van der Waals surface area contributed by atoms with Gasteiger partial charge in [-0.05, 0) is 43.9 Å². The zero-order valence-corrected chi connectivity index (χ0v) is 18.1. The number of quaternary nitrogens is 2. The quantitative estimate of drug-likeness (QED) is 0.402. The van der Waals surface area contributed by atoms with Gasteiger partial charge in [0.25, 0.3) is 11.8 Å². The lowest BCUT2D eigenvalue weighted by Gasteiger charge is -2.29. The van der Waals surface area contributed by atoms with Crippen LogP contribution in [0.1, 0.15) is 36.8 Å². The lowest BCUT2D eigenvalue weighted by atomic mass is 10.1. The predicted octanol–water partition coefficient (Wildman–Crippen LogP) is -1.21. The fourth-order valence-electron chi connectivity index (χ4n) is 4.31. The number of hydrogen-bond donors (Lipinski definition) is 5. The molecule has 5 N–H and O–H groups in total. The molecule has 1 saturated heterocycles. The summed E-state index contributed by atoms with van der Waals surface area (Å²) in [6.07, 6.45) is 4.26. The zero-order chi connectivity index (χ0) is 21.5. The Morgan fingerprint density at radius 3 is 2.17 bits per heavy atom. The van der Waals surface area contributed by atoms with E-state index >= 15 is 0 Å². The molecule has 0 radical (unpaired) electrons. The number of benzene rings is 1. The summed E-state index contributed by atoms with van der Waals surface area (Å²) < 4.78 is 0. The van der Waals surface area contributed by atoms with E-state index in [0.29, 0.717) is 13.1 Å². The average Bonchev–Trinajstić information content (AvgIpc) is 3.19. The molecular formula is C22H35N5O3+2. The fraction of sp³-hybridized carbons (Fsp3) is 0.591. The molecule has 0 bridgehead atoms. The Hall–Kier alpha value is -2.45. The van der Waals surface area contributed by atoms with Gasteiger partial charge in [0.1, 0.15) is 26.2 Å². The molecule has 30 heavy (non-hydrogen) atoms.